The van der Waals surface area contributed by atoms with E-state index in [1.54, 1.807) is 6.08 Å². The van der Waals surface area contributed by atoms with Gasteiger partial charge in [-0.25, -0.2) is 9.78 Å². The lowest BCUT2D eigenvalue weighted by atomic mass is 9.92. The number of hydrogen-bond donors (Lipinski definition) is 1. The predicted molar refractivity (Wildman–Crippen MR) is 155 cm³/mol. The molecule has 1 aliphatic heterocycles. The van der Waals surface area contributed by atoms with Gasteiger partial charge in [0.25, 0.3) is 0 Å². The number of carboxylic acids is 1. The SMILES string of the molecule is C=CCOC1(C)CCN(c2c(C(OC(C)(C)C)C(=O)O)c(C)c(C)c3nc(-c4cccc(Br)c4)cn23)CC1. The number of aryl methyl sites for hydroxylation is 1. The summed E-state index contributed by atoms with van der Waals surface area (Å²) < 4.78 is 15.3. The van der Waals surface area contributed by atoms with Crippen LogP contribution in [0.3, 0.4) is 0 Å². The molecule has 1 aromatic carbocycles. The quantitative estimate of drug-likeness (QED) is 0.291. The van der Waals surface area contributed by atoms with Crippen molar-refractivity contribution in [2.45, 2.75) is 71.7 Å². The summed E-state index contributed by atoms with van der Waals surface area (Å²) >= 11 is 3.57. The molecular weight excluding hydrogens is 546 g/mol. The molecular formula is C30H38BrN3O4. The minimum Gasteiger partial charge on any atom is -0.479 e. The second kappa shape index (κ2) is 10.8. The highest BCUT2D eigenvalue weighted by Gasteiger charge is 2.37. The van der Waals surface area contributed by atoms with Crippen LogP contribution in [0.2, 0.25) is 0 Å². The molecule has 3 heterocycles. The Morgan fingerprint density at radius 1 is 1.26 bits per heavy atom. The number of pyridine rings is 1. The fraction of sp³-hybridized carbons (Fsp3) is 0.467. The molecule has 38 heavy (non-hydrogen) atoms. The maximum Gasteiger partial charge on any atom is 0.337 e. The molecule has 204 valence electrons. The Balaban J connectivity index is 1.93. The third kappa shape index (κ3) is 5.82. The summed E-state index contributed by atoms with van der Waals surface area (Å²) in [6, 6.07) is 8.04. The lowest BCUT2D eigenvalue weighted by Gasteiger charge is -2.41. The summed E-state index contributed by atoms with van der Waals surface area (Å²) in [6.07, 6.45) is 4.27. The Morgan fingerprint density at radius 3 is 2.53 bits per heavy atom. The van der Waals surface area contributed by atoms with Gasteiger partial charge in [-0.3, -0.25) is 4.40 Å². The number of aliphatic carboxylic acids is 1. The maximum atomic E-state index is 12.7. The number of piperidine rings is 1. The second-order valence-electron chi connectivity index (χ2n) is 11.3. The van der Waals surface area contributed by atoms with Crippen LogP contribution in [0.4, 0.5) is 5.82 Å². The Labute approximate surface area is 233 Å². The van der Waals surface area contributed by atoms with E-state index >= 15 is 0 Å². The second-order valence-corrected chi connectivity index (χ2v) is 12.2. The summed E-state index contributed by atoms with van der Waals surface area (Å²) in [5, 5.41) is 10.4. The molecule has 1 aliphatic rings. The highest BCUT2D eigenvalue weighted by atomic mass is 79.9. The third-order valence-corrected chi connectivity index (χ3v) is 7.72. The zero-order valence-corrected chi connectivity index (χ0v) is 24.8. The molecule has 8 heteroatoms. The number of hydrogen-bond acceptors (Lipinski definition) is 5. The highest BCUT2D eigenvalue weighted by Crippen LogP contribution is 2.40. The Hall–Kier alpha value is -2.68. The van der Waals surface area contributed by atoms with Crippen molar-refractivity contribution in [1.82, 2.24) is 9.38 Å². The van der Waals surface area contributed by atoms with Crippen molar-refractivity contribution in [1.29, 1.82) is 0 Å². The molecule has 0 aliphatic carbocycles. The fourth-order valence-electron chi connectivity index (χ4n) is 5.08. The zero-order valence-electron chi connectivity index (χ0n) is 23.2. The number of carbonyl (C=O) groups is 1. The molecule has 4 rings (SSSR count). The highest BCUT2D eigenvalue weighted by molar-refractivity contribution is 9.10. The van der Waals surface area contributed by atoms with Gasteiger partial charge in [0.15, 0.2) is 6.10 Å². The molecule has 7 nitrogen and oxygen atoms in total. The number of aromatic nitrogens is 2. The number of benzene rings is 1. The average Bonchev–Trinajstić information content (AvgIpc) is 3.29. The van der Waals surface area contributed by atoms with Crippen molar-refractivity contribution in [3.8, 4) is 11.3 Å². The van der Waals surface area contributed by atoms with Crippen molar-refractivity contribution in [3.05, 3.63) is 64.3 Å². The van der Waals surface area contributed by atoms with Crippen LogP contribution in [-0.2, 0) is 14.3 Å². The zero-order chi connectivity index (χ0) is 27.8. The number of ether oxygens (including phenoxy) is 2. The van der Waals surface area contributed by atoms with Gasteiger partial charge in [-0.05, 0) is 77.6 Å². The molecule has 0 saturated carbocycles. The van der Waals surface area contributed by atoms with Crippen LogP contribution in [0, 0.1) is 13.8 Å². The standard InChI is InChI=1S/C30H38BrN3O4/c1-8-16-37-30(7)12-14-33(15-13-30)27-24(25(28(35)36)38-29(4,5)6)19(2)20(3)26-32-23(18-34(26)27)21-10-9-11-22(31)17-21/h8-11,17-18,25H,1,12-16H2,2-7H3,(H,35,36). The number of nitrogens with zero attached hydrogens (tertiary/aromatic N) is 3. The summed E-state index contributed by atoms with van der Waals surface area (Å²) in [6.45, 7) is 17.5. The lowest BCUT2D eigenvalue weighted by molar-refractivity contribution is -0.160. The van der Waals surface area contributed by atoms with E-state index in [1.807, 2.05) is 65.1 Å². The monoisotopic (exact) mass is 583 g/mol. The van der Waals surface area contributed by atoms with Gasteiger partial charge in [0.1, 0.15) is 11.5 Å². The van der Waals surface area contributed by atoms with E-state index in [2.05, 4.69) is 38.7 Å². The van der Waals surface area contributed by atoms with Crippen LogP contribution in [0.1, 0.15) is 63.3 Å². The van der Waals surface area contributed by atoms with Crippen LogP contribution in [-0.4, -0.2) is 51.4 Å². The Kier molecular flexibility index (Phi) is 8.07. The summed E-state index contributed by atoms with van der Waals surface area (Å²) in [5.74, 6) is -0.189. The van der Waals surface area contributed by atoms with E-state index in [1.165, 1.54) is 0 Å². The number of fused-ring (bicyclic) bond motifs is 1. The summed E-state index contributed by atoms with van der Waals surface area (Å²) in [7, 11) is 0. The van der Waals surface area contributed by atoms with E-state index in [9.17, 15) is 9.90 Å². The van der Waals surface area contributed by atoms with Crippen LogP contribution in [0.5, 0.6) is 0 Å². The van der Waals surface area contributed by atoms with Crippen LogP contribution < -0.4 is 4.90 Å². The van der Waals surface area contributed by atoms with Crippen molar-refractivity contribution < 1.29 is 19.4 Å². The van der Waals surface area contributed by atoms with Gasteiger partial charge >= 0.3 is 5.97 Å². The van der Waals surface area contributed by atoms with Gasteiger partial charge in [0, 0.05) is 34.9 Å². The Morgan fingerprint density at radius 2 is 1.95 bits per heavy atom. The first kappa shape index (κ1) is 28.3. The third-order valence-electron chi connectivity index (χ3n) is 7.23. The normalized spacial score (nSPS) is 16.6. The number of rotatable bonds is 8. The van der Waals surface area contributed by atoms with Gasteiger partial charge in [-0.1, -0.05) is 34.1 Å². The largest absolute Gasteiger partial charge is 0.479 e. The van der Waals surface area contributed by atoms with E-state index < -0.39 is 17.7 Å². The fourth-order valence-corrected chi connectivity index (χ4v) is 5.48. The molecule has 0 spiro atoms. The van der Waals surface area contributed by atoms with Gasteiger partial charge in [-0.2, -0.15) is 0 Å². The molecule has 1 fully saturated rings. The molecule has 1 unspecified atom stereocenters. The van der Waals surface area contributed by atoms with Crippen molar-refractivity contribution in [2.24, 2.45) is 0 Å². The first-order valence-corrected chi connectivity index (χ1v) is 13.8. The van der Waals surface area contributed by atoms with Crippen molar-refractivity contribution >= 4 is 33.4 Å². The minimum atomic E-state index is -1.13. The Bertz CT molecular complexity index is 1350. The van der Waals surface area contributed by atoms with Gasteiger partial charge in [0.2, 0.25) is 0 Å². The van der Waals surface area contributed by atoms with Crippen LogP contribution in [0.25, 0.3) is 16.9 Å². The van der Waals surface area contributed by atoms with Crippen LogP contribution in [0.15, 0.2) is 47.6 Å². The summed E-state index contributed by atoms with van der Waals surface area (Å²) in [4.78, 5) is 20.0. The van der Waals surface area contributed by atoms with E-state index in [0.29, 0.717) is 25.3 Å². The first-order valence-electron chi connectivity index (χ1n) is 13.0. The van der Waals surface area contributed by atoms with Gasteiger partial charge in [-0.15, -0.1) is 6.58 Å². The molecule has 2 aromatic heterocycles. The first-order chi connectivity index (χ1) is 17.8. The summed E-state index contributed by atoms with van der Waals surface area (Å²) in [5.41, 5.74) is 4.21. The molecule has 1 saturated heterocycles. The molecule has 0 radical (unpaired) electrons. The van der Waals surface area contributed by atoms with E-state index in [4.69, 9.17) is 14.5 Å². The number of carboxylic acid groups (broad SMARTS) is 1. The van der Waals surface area contributed by atoms with E-state index in [0.717, 1.165) is 51.2 Å². The van der Waals surface area contributed by atoms with E-state index in [-0.39, 0.29) is 5.60 Å². The number of anilines is 1. The average molecular weight is 585 g/mol. The van der Waals surface area contributed by atoms with Crippen LogP contribution >= 0.6 is 15.9 Å². The minimum absolute atomic E-state index is 0.256. The molecule has 0 bridgehead atoms. The topological polar surface area (TPSA) is 76.3 Å². The lowest BCUT2D eigenvalue weighted by Crippen LogP contribution is -2.45. The number of imidazole rings is 1. The number of halogens is 1. The van der Waals surface area contributed by atoms with Gasteiger partial charge < -0.3 is 19.5 Å². The molecule has 1 N–H and O–H groups in total. The molecule has 0 amide bonds. The van der Waals surface area contributed by atoms with Gasteiger partial charge in [0.05, 0.1) is 23.5 Å². The predicted octanol–water partition coefficient (Wildman–Crippen LogP) is 6.88. The van der Waals surface area contributed by atoms with Crippen molar-refractivity contribution in [2.75, 3.05) is 24.6 Å². The molecule has 1 atom stereocenters. The molecule has 3 aromatic rings. The smallest absolute Gasteiger partial charge is 0.337 e. The maximum absolute atomic E-state index is 12.7. The van der Waals surface area contributed by atoms with Crippen molar-refractivity contribution in [3.63, 3.8) is 0 Å².